The van der Waals surface area contributed by atoms with E-state index in [1.165, 1.54) is 19.3 Å². The second-order valence-electron chi connectivity index (χ2n) is 2.56. The Bertz CT molecular complexity index is 94.1. The van der Waals surface area contributed by atoms with Crippen molar-refractivity contribution in [2.45, 2.75) is 45.4 Å². The van der Waals surface area contributed by atoms with E-state index in [-0.39, 0.29) is 38.2 Å². The Morgan fingerprint density at radius 2 is 1.73 bits per heavy atom. The van der Waals surface area contributed by atoms with Crippen molar-refractivity contribution >= 4 is 5.97 Å². The molecule has 0 aliphatic carbocycles. The third kappa shape index (κ3) is 13.7. The molecule has 70 valence electrons. The zero-order chi connectivity index (χ0) is 7.82. The van der Waals surface area contributed by atoms with Gasteiger partial charge in [0.25, 0.3) is 0 Å². The maximum Gasteiger partial charge on any atom is 0.303 e. The van der Waals surface area contributed by atoms with E-state index >= 15 is 0 Å². The molecule has 0 aliphatic heterocycles. The van der Waals surface area contributed by atoms with E-state index in [2.05, 4.69) is 6.92 Å². The number of aliphatic carboxylic acids is 1. The van der Waals surface area contributed by atoms with Gasteiger partial charge in [-0.3, -0.25) is 4.79 Å². The predicted octanol–water partition coefficient (Wildman–Crippen LogP) is 2.43. The van der Waals surface area contributed by atoms with Crippen molar-refractivity contribution in [2.24, 2.45) is 0 Å². The van der Waals surface area contributed by atoms with Crippen LogP contribution in [0.2, 0.25) is 0 Å². The molecule has 0 fully saturated rings. The number of hydrogen-bond acceptors (Lipinski definition) is 1. The molecule has 0 aliphatic rings. The van der Waals surface area contributed by atoms with Gasteiger partial charge in [0.2, 0.25) is 0 Å². The van der Waals surface area contributed by atoms with E-state index in [1.807, 2.05) is 0 Å². The zero-order valence-corrected chi connectivity index (χ0v) is 8.94. The maximum absolute atomic E-state index is 10.0. The molecule has 3 heteroatoms. The van der Waals surface area contributed by atoms with Crippen molar-refractivity contribution in [3.05, 3.63) is 0 Å². The van der Waals surface area contributed by atoms with Crippen LogP contribution in [0.25, 0.3) is 0 Å². The summed E-state index contributed by atoms with van der Waals surface area (Å²) in [6.45, 7) is 2.15. The van der Waals surface area contributed by atoms with E-state index < -0.39 is 5.97 Å². The molecule has 0 aromatic heterocycles. The van der Waals surface area contributed by atoms with Crippen molar-refractivity contribution in [3.8, 4) is 0 Å². The van der Waals surface area contributed by atoms with Gasteiger partial charge in [0, 0.05) is 44.6 Å². The first-order valence-electron chi connectivity index (χ1n) is 3.99. The van der Waals surface area contributed by atoms with E-state index in [9.17, 15) is 4.79 Å². The molecule has 0 rings (SSSR count). The minimum absolute atomic E-state index is 0. The average Bonchev–Trinajstić information content (AvgIpc) is 1.87. The standard InChI is InChI=1S/C8H16O2.Dy/c1-2-3-4-5-6-7-8(9)10;/h2-7H2,1H3,(H,9,10);. The Morgan fingerprint density at radius 1 is 1.18 bits per heavy atom. The Morgan fingerprint density at radius 3 is 2.18 bits per heavy atom. The molecule has 0 saturated heterocycles. The van der Waals surface area contributed by atoms with Crippen LogP contribution in [0, 0.1) is 38.2 Å². The second-order valence-corrected chi connectivity index (χ2v) is 2.56. The van der Waals surface area contributed by atoms with Crippen LogP contribution in [0.3, 0.4) is 0 Å². The minimum Gasteiger partial charge on any atom is -0.481 e. The number of carboxylic acids is 1. The van der Waals surface area contributed by atoms with Crippen LogP contribution in [0.1, 0.15) is 45.4 Å². The predicted molar refractivity (Wildman–Crippen MR) is 41.0 cm³/mol. The molecule has 2 nitrogen and oxygen atoms in total. The number of unbranched alkanes of at least 4 members (excludes halogenated alkanes) is 4. The Labute approximate surface area is 98.8 Å². The summed E-state index contributed by atoms with van der Waals surface area (Å²) in [6.07, 6.45) is 5.88. The summed E-state index contributed by atoms with van der Waals surface area (Å²) in [4.78, 5) is 10.0. The van der Waals surface area contributed by atoms with E-state index in [4.69, 9.17) is 5.11 Å². The molecular formula is C8H16DyO2. The van der Waals surface area contributed by atoms with Crippen molar-refractivity contribution in [1.29, 1.82) is 0 Å². The van der Waals surface area contributed by atoms with Gasteiger partial charge in [-0.25, -0.2) is 0 Å². The molecule has 0 bridgehead atoms. The van der Waals surface area contributed by atoms with Crippen molar-refractivity contribution in [3.63, 3.8) is 0 Å². The first-order chi connectivity index (χ1) is 4.77. The summed E-state index contributed by atoms with van der Waals surface area (Å²) in [7, 11) is 0. The molecule has 0 aromatic carbocycles. The van der Waals surface area contributed by atoms with Gasteiger partial charge in [0.1, 0.15) is 0 Å². The molecule has 0 aromatic rings. The fraction of sp³-hybridized carbons (Fsp3) is 0.875. The van der Waals surface area contributed by atoms with Crippen molar-refractivity contribution in [2.75, 3.05) is 0 Å². The molecule has 11 heavy (non-hydrogen) atoms. The quantitative estimate of drug-likeness (QED) is 0.765. The SMILES string of the molecule is CCCCCCCC(=O)O.[Dy]. The molecule has 0 spiro atoms. The van der Waals surface area contributed by atoms with Gasteiger partial charge in [-0.1, -0.05) is 32.6 Å². The summed E-state index contributed by atoms with van der Waals surface area (Å²) in [5.74, 6) is -0.670. The molecule has 0 radical (unpaired) electrons. The fourth-order valence-electron chi connectivity index (χ4n) is 0.880. The van der Waals surface area contributed by atoms with Crippen molar-refractivity contribution in [1.82, 2.24) is 0 Å². The first kappa shape index (κ1) is 14.3. The molecule has 0 atom stereocenters. The van der Waals surface area contributed by atoms with Crippen LogP contribution in [0.15, 0.2) is 0 Å². The van der Waals surface area contributed by atoms with Gasteiger partial charge >= 0.3 is 5.97 Å². The van der Waals surface area contributed by atoms with Gasteiger partial charge < -0.3 is 5.11 Å². The summed E-state index contributed by atoms with van der Waals surface area (Å²) in [5.41, 5.74) is 0. The van der Waals surface area contributed by atoms with E-state index in [0.29, 0.717) is 6.42 Å². The number of carboxylic acid groups (broad SMARTS) is 1. The number of hydrogen-bond donors (Lipinski definition) is 1. The summed E-state index contributed by atoms with van der Waals surface area (Å²) in [5, 5.41) is 8.27. The minimum atomic E-state index is -0.670. The van der Waals surface area contributed by atoms with Gasteiger partial charge in [0.15, 0.2) is 0 Å². The molecule has 0 unspecified atom stereocenters. The fourth-order valence-corrected chi connectivity index (χ4v) is 0.880. The molecular weight excluding hydrogens is 291 g/mol. The first-order valence-corrected chi connectivity index (χ1v) is 3.99. The molecule has 1 N–H and O–H groups in total. The average molecular weight is 307 g/mol. The number of carbonyl (C=O) groups is 1. The van der Waals surface area contributed by atoms with Gasteiger partial charge in [-0.2, -0.15) is 0 Å². The van der Waals surface area contributed by atoms with Gasteiger partial charge in [-0.15, -0.1) is 0 Å². The molecule has 0 amide bonds. The normalized spacial score (nSPS) is 8.82. The van der Waals surface area contributed by atoms with Crippen LogP contribution < -0.4 is 0 Å². The third-order valence-electron chi connectivity index (χ3n) is 1.49. The van der Waals surface area contributed by atoms with Crippen LogP contribution in [0.5, 0.6) is 0 Å². The van der Waals surface area contributed by atoms with E-state index in [1.54, 1.807) is 0 Å². The Balaban J connectivity index is 0. The van der Waals surface area contributed by atoms with Crippen LogP contribution >= 0.6 is 0 Å². The van der Waals surface area contributed by atoms with Crippen LogP contribution in [0.4, 0.5) is 0 Å². The maximum atomic E-state index is 10.0. The third-order valence-corrected chi connectivity index (χ3v) is 1.49. The second kappa shape index (κ2) is 10.7. The monoisotopic (exact) mass is 308 g/mol. The number of rotatable bonds is 6. The summed E-state index contributed by atoms with van der Waals surface area (Å²) >= 11 is 0. The van der Waals surface area contributed by atoms with Gasteiger partial charge in [0.05, 0.1) is 0 Å². The molecule has 0 saturated carbocycles. The van der Waals surface area contributed by atoms with E-state index in [0.717, 1.165) is 12.8 Å². The zero-order valence-electron chi connectivity index (χ0n) is 6.91. The van der Waals surface area contributed by atoms with Crippen LogP contribution in [-0.2, 0) is 4.79 Å². The van der Waals surface area contributed by atoms with Gasteiger partial charge in [-0.05, 0) is 6.42 Å². The molecule has 0 heterocycles. The Hall–Kier alpha value is 0.743. The largest absolute Gasteiger partial charge is 0.481 e. The summed E-state index contributed by atoms with van der Waals surface area (Å²) < 4.78 is 0. The van der Waals surface area contributed by atoms with Crippen LogP contribution in [-0.4, -0.2) is 11.1 Å². The Kier molecular flexibility index (Phi) is 13.9. The van der Waals surface area contributed by atoms with Crippen molar-refractivity contribution < 1.29 is 48.1 Å². The topological polar surface area (TPSA) is 37.3 Å². The summed E-state index contributed by atoms with van der Waals surface area (Å²) in [6, 6.07) is 0. The smallest absolute Gasteiger partial charge is 0.303 e.